The summed E-state index contributed by atoms with van der Waals surface area (Å²) < 4.78 is 8.83. The van der Waals surface area contributed by atoms with Gasteiger partial charge in [-0.2, -0.15) is 10.2 Å². The van der Waals surface area contributed by atoms with Crippen LogP contribution in [0, 0.1) is 24.0 Å². The van der Waals surface area contributed by atoms with E-state index in [4.69, 9.17) is 4.42 Å². The van der Waals surface area contributed by atoms with Crippen LogP contribution in [0.5, 0.6) is 0 Å². The van der Waals surface area contributed by atoms with Crippen molar-refractivity contribution in [2.24, 2.45) is 0 Å². The molecule has 10 heteroatoms. The largest absolute Gasteiger partial charge is 0.454 e. The zero-order chi connectivity index (χ0) is 22.0. The summed E-state index contributed by atoms with van der Waals surface area (Å²) in [5.74, 6) is 0.549. The highest BCUT2D eigenvalue weighted by molar-refractivity contribution is 6.01. The average molecular weight is 420 g/mol. The second-order valence-corrected chi connectivity index (χ2v) is 7.04. The number of nitro groups is 1. The third kappa shape index (κ3) is 4.37. The molecule has 1 aromatic carbocycles. The van der Waals surface area contributed by atoms with E-state index in [9.17, 15) is 14.9 Å². The molecule has 0 aliphatic carbocycles. The lowest BCUT2D eigenvalue weighted by Gasteiger charge is -2.02. The summed E-state index contributed by atoms with van der Waals surface area (Å²) in [4.78, 5) is 23.2. The molecule has 0 bridgehead atoms. The van der Waals surface area contributed by atoms with Crippen LogP contribution in [-0.2, 0) is 13.1 Å². The number of benzene rings is 1. The number of carbonyl (C=O) groups is 1. The molecule has 3 heterocycles. The van der Waals surface area contributed by atoms with Crippen LogP contribution in [0.3, 0.4) is 0 Å². The minimum atomic E-state index is -0.452. The molecule has 0 saturated heterocycles. The Labute approximate surface area is 177 Å². The minimum Gasteiger partial charge on any atom is -0.454 e. The van der Waals surface area contributed by atoms with Gasteiger partial charge in [0.05, 0.1) is 18.0 Å². The molecule has 31 heavy (non-hydrogen) atoms. The van der Waals surface area contributed by atoms with Gasteiger partial charge in [-0.05, 0) is 31.5 Å². The number of nitrogens with one attached hydrogen (secondary N) is 1. The van der Waals surface area contributed by atoms with Gasteiger partial charge in [-0.15, -0.1) is 0 Å². The molecule has 4 rings (SSSR count). The molecule has 0 radical (unpaired) electrons. The molecule has 0 aliphatic rings. The van der Waals surface area contributed by atoms with Gasteiger partial charge >= 0.3 is 5.69 Å². The summed E-state index contributed by atoms with van der Waals surface area (Å²) >= 11 is 0. The lowest BCUT2D eigenvalue weighted by atomic mass is 10.2. The molecule has 0 unspecified atom stereocenters. The van der Waals surface area contributed by atoms with Crippen molar-refractivity contribution in [3.8, 4) is 0 Å². The van der Waals surface area contributed by atoms with Gasteiger partial charge < -0.3 is 9.73 Å². The first-order valence-corrected chi connectivity index (χ1v) is 9.56. The maximum Gasteiger partial charge on any atom is 0.312 e. The van der Waals surface area contributed by atoms with E-state index in [1.165, 1.54) is 4.68 Å². The number of nitrogens with zero attached hydrogens (tertiary/aromatic N) is 5. The standard InChI is InChI=1S/C21H20N6O4/c1-14-20(27(29)30)15(2)26(23-14)13-17-8-9-18(31-17)21(28)22-19-10-11-25(24-19)12-16-6-4-3-5-7-16/h3-11H,12-13H2,1-2H3,(H,22,24,28). The van der Waals surface area contributed by atoms with Crippen LogP contribution in [0.2, 0.25) is 0 Å². The lowest BCUT2D eigenvalue weighted by molar-refractivity contribution is -0.386. The van der Waals surface area contributed by atoms with Gasteiger partial charge in [0.25, 0.3) is 5.91 Å². The summed E-state index contributed by atoms with van der Waals surface area (Å²) in [6, 6.07) is 14.8. The number of amides is 1. The monoisotopic (exact) mass is 420 g/mol. The normalized spacial score (nSPS) is 10.9. The molecule has 10 nitrogen and oxygen atoms in total. The maximum absolute atomic E-state index is 12.5. The van der Waals surface area contributed by atoms with Crippen molar-refractivity contribution in [3.05, 3.63) is 93.3 Å². The smallest absolute Gasteiger partial charge is 0.312 e. The van der Waals surface area contributed by atoms with E-state index in [1.54, 1.807) is 42.9 Å². The van der Waals surface area contributed by atoms with Crippen molar-refractivity contribution in [3.63, 3.8) is 0 Å². The fourth-order valence-electron chi connectivity index (χ4n) is 3.30. The van der Waals surface area contributed by atoms with Crippen LogP contribution in [0.4, 0.5) is 11.5 Å². The van der Waals surface area contributed by atoms with Gasteiger partial charge in [0, 0.05) is 12.3 Å². The van der Waals surface area contributed by atoms with Gasteiger partial charge in [-0.25, -0.2) is 0 Å². The molecular weight excluding hydrogens is 400 g/mol. The molecule has 0 saturated carbocycles. The summed E-state index contributed by atoms with van der Waals surface area (Å²) in [5, 5.41) is 22.4. The van der Waals surface area contributed by atoms with Crippen LogP contribution in [0.15, 0.2) is 59.1 Å². The van der Waals surface area contributed by atoms with Crippen LogP contribution < -0.4 is 5.32 Å². The third-order valence-corrected chi connectivity index (χ3v) is 4.79. The zero-order valence-electron chi connectivity index (χ0n) is 17.0. The Balaban J connectivity index is 1.41. The van der Waals surface area contributed by atoms with Crippen molar-refractivity contribution >= 4 is 17.4 Å². The highest BCUT2D eigenvalue weighted by atomic mass is 16.6. The number of furan rings is 1. The van der Waals surface area contributed by atoms with Crippen molar-refractivity contribution in [2.45, 2.75) is 26.9 Å². The summed E-state index contributed by atoms with van der Waals surface area (Å²) in [7, 11) is 0. The molecule has 1 amide bonds. The SMILES string of the molecule is Cc1nn(Cc2ccc(C(=O)Nc3ccn(Cc4ccccc4)n3)o2)c(C)c1[N+](=O)[O-]. The number of carbonyl (C=O) groups excluding carboxylic acids is 1. The Kier molecular flexibility index (Phi) is 5.35. The number of aromatic nitrogens is 4. The molecule has 1 N–H and O–H groups in total. The van der Waals surface area contributed by atoms with E-state index in [0.29, 0.717) is 29.5 Å². The second kappa shape index (κ2) is 8.27. The number of hydrogen-bond acceptors (Lipinski definition) is 6. The van der Waals surface area contributed by atoms with Crippen LogP contribution in [0.1, 0.15) is 33.3 Å². The Morgan fingerprint density at radius 2 is 1.87 bits per heavy atom. The first-order chi connectivity index (χ1) is 14.9. The number of rotatable bonds is 7. The Morgan fingerprint density at radius 3 is 2.58 bits per heavy atom. The molecule has 0 atom stereocenters. The third-order valence-electron chi connectivity index (χ3n) is 4.79. The maximum atomic E-state index is 12.5. The topological polar surface area (TPSA) is 121 Å². The lowest BCUT2D eigenvalue weighted by Crippen LogP contribution is -2.12. The Bertz CT molecular complexity index is 1240. The van der Waals surface area contributed by atoms with E-state index < -0.39 is 10.8 Å². The molecule has 0 spiro atoms. The van der Waals surface area contributed by atoms with Crippen molar-refractivity contribution in [1.82, 2.24) is 19.6 Å². The van der Waals surface area contributed by atoms with E-state index in [0.717, 1.165) is 5.56 Å². The minimum absolute atomic E-state index is 0.0180. The first kappa shape index (κ1) is 20.1. The molecule has 158 valence electrons. The average Bonchev–Trinajstić information content (AvgIpc) is 3.43. The van der Waals surface area contributed by atoms with Gasteiger partial charge in [-0.1, -0.05) is 30.3 Å². The van der Waals surface area contributed by atoms with E-state index in [2.05, 4.69) is 15.5 Å². The van der Waals surface area contributed by atoms with E-state index >= 15 is 0 Å². The van der Waals surface area contributed by atoms with Crippen LogP contribution in [-0.4, -0.2) is 30.4 Å². The molecule has 3 aromatic heterocycles. The number of aryl methyl sites for hydroxylation is 1. The fourth-order valence-corrected chi connectivity index (χ4v) is 3.30. The summed E-state index contributed by atoms with van der Waals surface area (Å²) in [5.41, 5.74) is 1.84. The van der Waals surface area contributed by atoms with Crippen molar-refractivity contribution in [1.29, 1.82) is 0 Å². The van der Waals surface area contributed by atoms with Crippen LogP contribution >= 0.6 is 0 Å². The van der Waals surface area contributed by atoms with Crippen molar-refractivity contribution in [2.75, 3.05) is 5.32 Å². The predicted molar refractivity (Wildman–Crippen MR) is 112 cm³/mol. The van der Waals surface area contributed by atoms with Gasteiger partial charge in [-0.3, -0.25) is 24.3 Å². The molecule has 4 aromatic rings. The van der Waals surface area contributed by atoms with E-state index in [-0.39, 0.29) is 18.0 Å². The van der Waals surface area contributed by atoms with Crippen LogP contribution in [0.25, 0.3) is 0 Å². The highest BCUT2D eigenvalue weighted by Gasteiger charge is 2.22. The molecule has 0 aliphatic heterocycles. The highest BCUT2D eigenvalue weighted by Crippen LogP contribution is 2.23. The quantitative estimate of drug-likeness (QED) is 0.360. The Morgan fingerprint density at radius 1 is 1.10 bits per heavy atom. The van der Waals surface area contributed by atoms with Crippen molar-refractivity contribution < 1.29 is 14.1 Å². The van der Waals surface area contributed by atoms with E-state index in [1.807, 2.05) is 30.3 Å². The molecular formula is C21H20N6O4. The fraction of sp³-hybridized carbons (Fsp3) is 0.190. The van der Waals surface area contributed by atoms with Gasteiger partial charge in [0.1, 0.15) is 17.1 Å². The molecule has 0 fully saturated rings. The Hall–Kier alpha value is -4.21. The number of anilines is 1. The zero-order valence-corrected chi connectivity index (χ0v) is 17.0. The van der Waals surface area contributed by atoms with Gasteiger partial charge in [0.2, 0.25) is 0 Å². The summed E-state index contributed by atoms with van der Waals surface area (Å²) in [6.07, 6.45) is 1.78. The van der Waals surface area contributed by atoms with Gasteiger partial charge in [0.15, 0.2) is 11.6 Å². The predicted octanol–water partition coefficient (Wildman–Crippen LogP) is 3.55. The first-order valence-electron chi connectivity index (χ1n) is 9.56. The second-order valence-electron chi connectivity index (χ2n) is 7.04. The summed E-state index contributed by atoms with van der Waals surface area (Å²) in [6.45, 7) is 3.98. The number of hydrogen-bond donors (Lipinski definition) is 1.